The van der Waals surface area contributed by atoms with Crippen molar-refractivity contribution >= 4 is 17.5 Å². The molecule has 2 aliphatic heterocycles. The molecule has 1 saturated heterocycles. The van der Waals surface area contributed by atoms with E-state index >= 15 is 0 Å². The van der Waals surface area contributed by atoms with E-state index in [1.807, 2.05) is 13.8 Å². The summed E-state index contributed by atoms with van der Waals surface area (Å²) in [6.45, 7) is 17.5. The molecule has 1 aromatic rings. The first kappa shape index (κ1) is 21.5. The van der Waals surface area contributed by atoms with Crippen LogP contribution in [-0.2, 0) is 10.2 Å². The Morgan fingerprint density at radius 3 is 2.40 bits per heavy atom. The summed E-state index contributed by atoms with van der Waals surface area (Å²) >= 11 is 0. The molecule has 3 heterocycles. The molecule has 0 aromatic carbocycles. The highest BCUT2D eigenvalue weighted by atomic mass is 16.2. The maximum atomic E-state index is 12.8. The third-order valence-electron chi connectivity index (χ3n) is 7.29. The second-order valence-corrected chi connectivity index (χ2v) is 11.5. The summed E-state index contributed by atoms with van der Waals surface area (Å²) in [6.07, 6.45) is 4.60. The van der Waals surface area contributed by atoms with Crippen LogP contribution in [-0.4, -0.2) is 53.2 Å². The van der Waals surface area contributed by atoms with Crippen LogP contribution in [0.3, 0.4) is 0 Å². The Labute approximate surface area is 181 Å². The number of hydrogen-bond acceptors (Lipinski definition) is 5. The van der Waals surface area contributed by atoms with Gasteiger partial charge in [0.05, 0.1) is 5.41 Å². The first-order valence-electron chi connectivity index (χ1n) is 11.8. The minimum absolute atomic E-state index is 0.136. The van der Waals surface area contributed by atoms with Crippen LogP contribution >= 0.6 is 0 Å². The predicted octanol–water partition coefficient (Wildman–Crippen LogP) is 4.07. The summed E-state index contributed by atoms with van der Waals surface area (Å²) in [7, 11) is 0. The Kier molecular flexibility index (Phi) is 5.58. The van der Waals surface area contributed by atoms with Crippen molar-refractivity contribution in [3.05, 3.63) is 11.6 Å². The molecule has 6 heteroatoms. The molecule has 0 spiro atoms. The van der Waals surface area contributed by atoms with Crippen LogP contribution in [0.4, 0.5) is 11.6 Å². The van der Waals surface area contributed by atoms with Crippen LogP contribution < -0.4 is 10.2 Å². The van der Waals surface area contributed by atoms with Gasteiger partial charge in [0.15, 0.2) is 5.82 Å². The molecule has 3 atom stereocenters. The van der Waals surface area contributed by atoms with Crippen molar-refractivity contribution in [1.29, 1.82) is 0 Å². The Morgan fingerprint density at radius 2 is 1.80 bits per heavy atom. The highest BCUT2D eigenvalue weighted by Crippen LogP contribution is 2.42. The Morgan fingerprint density at radius 1 is 1.13 bits per heavy atom. The van der Waals surface area contributed by atoms with Gasteiger partial charge in [-0.15, -0.1) is 10.2 Å². The zero-order valence-electron chi connectivity index (χ0n) is 19.7. The molecule has 30 heavy (non-hydrogen) atoms. The summed E-state index contributed by atoms with van der Waals surface area (Å²) in [5, 5.41) is 12.6. The molecular weight excluding hydrogens is 374 g/mol. The lowest BCUT2D eigenvalue weighted by molar-refractivity contribution is -0.122. The predicted molar refractivity (Wildman–Crippen MR) is 122 cm³/mol. The fourth-order valence-electron chi connectivity index (χ4n) is 5.50. The number of aromatic nitrogens is 2. The second-order valence-electron chi connectivity index (χ2n) is 11.5. The van der Waals surface area contributed by atoms with Crippen LogP contribution in [0.15, 0.2) is 6.07 Å². The molecule has 6 nitrogen and oxygen atoms in total. The average Bonchev–Trinajstić information content (AvgIpc) is 3.26. The third kappa shape index (κ3) is 4.08. The zero-order valence-corrected chi connectivity index (χ0v) is 19.7. The first-order valence-corrected chi connectivity index (χ1v) is 11.8. The average molecular weight is 414 g/mol. The summed E-state index contributed by atoms with van der Waals surface area (Å²) in [6, 6.07) is 2.53. The van der Waals surface area contributed by atoms with Crippen molar-refractivity contribution in [2.24, 2.45) is 17.3 Å². The van der Waals surface area contributed by atoms with Gasteiger partial charge in [0, 0.05) is 31.2 Å². The Bertz CT molecular complexity index is 785. The normalized spacial score (nSPS) is 28.1. The highest BCUT2D eigenvalue weighted by molar-refractivity contribution is 6.06. The number of carbonyl (C=O) groups is 1. The number of likely N-dealkylation sites (tertiary alicyclic amines) is 1. The smallest absolute Gasteiger partial charge is 0.238 e. The topological polar surface area (TPSA) is 61.4 Å². The highest BCUT2D eigenvalue weighted by Gasteiger charge is 2.46. The van der Waals surface area contributed by atoms with Crippen molar-refractivity contribution in [1.82, 2.24) is 15.1 Å². The van der Waals surface area contributed by atoms with Gasteiger partial charge >= 0.3 is 0 Å². The molecule has 3 aliphatic rings. The Hall–Kier alpha value is -1.69. The lowest BCUT2D eigenvalue weighted by Crippen LogP contribution is -2.36. The maximum Gasteiger partial charge on any atom is 0.238 e. The molecule has 1 N–H and O–H groups in total. The van der Waals surface area contributed by atoms with Crippen molar-refractivity contribution in [3.63, 3.8) is 0 Å². The van der Waals surface area contributed by atoms with Crippen LogP contribution in [0.2, 0.25) is 0 Å². The number of carbonyl (C=O) groups excluding carboxylic acids is 1. The molecule has 0 radical (unpaired) electrons. The number of nitrogens with one attached hydrogen (secondary N) is 1. The van der Waals surface area contributed by atoms with E-state index in [-0.39, 0.29) is 5.91 Å². The van der Waals surface area contributed by atoms with Gasteiger partial charge in [-0.3, -0.25) is 9.69 Å². The summed E-state index contributed by atoms with van der Waals surface area (Å²) < 4.78 is 0. The van der Waals surface area contributed by atoms with Crippen LogP contribution in [0.5, 0.6) is 0 Å². The molecule has 166 valence electrons. The minimum atomic E-state index is -0.531. The molecule has 0 unspecified atom stereocenters. The maximum absolute atomic E-state index is 12.8. The zero-order chi connectivity index (χ0) is 21.7. The van der Waals surface area contributed by atoms with Crippen molar-refractivity contribution in [2.75, 3.05) is 36.4 Å². The SMILES string of the molecule is CCCN1C(=O)C(C)(C)c2cc(N[C@H]3C[C@@H]4CN(CCC(C)(C)C)C[C@@H]4C3)nnc21. The summed E-state index contributed by atoms with van der Waals surface area (Å²) in [4.78, 5) is 17.3. The first-order chi connectivity index (χ1) is 14.1. The molecule has 0 bridgehead atoms. The lowest BCUT2D eigenvalue weighted by atomic mass is 9.87. The summed E-state index contributed by atoms with van der Waals surface area (Å²) in [5.74, 6) is 3.29. The van der Waals surface area contributed by atoms with E-state index in [1.54, 1.807) is 4.90 Å². The standard InChI is InChI=1S/C24H39N5O/c1-7-9-29-21-19(24(5,6)22(29)30)13-20(26-27-21)25-18-11-16-14-28(15-17(16)12-18)10-8-23(2,3)4/h13,16-18H,7-12,14-15H2,1-6H3,(H,25,26)/t16-,17+,18+. The van der Waals surface area contributed by atoms with Crippen molar-refractivity contribution in [2.45, 2.75) is 78.7 Å². The molecule has 2 fully saturated rings. The monoisotopic (exact) mass is 413 g/mol. The quantitative estimate of drug-likeness (QED) is 0.762. The Balaban J connectivity index is 1.37. The molecule has 4 rings (SSSR count). The van der Waals surface area contributed by atoms with Gasteiger partial charge in [-0.05, 0) is 69.4 Å². The van der Waals surface area contributed by atoms with Gasteiger partial charge in [-0.1, -0.05) is 27.7 Å². The van der Waals surface area contributed by atoms with E-state index in [0.717, 1.165) is 35.5 Å². The van der Waals surface area contributed by atoms with Gasteiger partial charge in [-0.25, -0.2) is 0 Å². The second kappa shape index (κ2) is 7.77. The van der Waals surface area contributed by atoms with Crippen molar-refractivity contribution in [3.8, 4) is 0 Å². The van der Waals surface area contributed by atoms with E-state index < -0.39 is 5.41 Å². The third-order valence-corrected chi connectivity index (χ3v) is 7.29. The van der Waals surface area contributed by atoms with E-state index in [4.69, 9.17) is 0 Å². The van der Waals surface area contributed by atoms with Crippen molar-refractivity contribution < 1.29 is 4.79 Å². The minimum Gasteiger partial charge on any atom is -0.366 e. The van der Waals surface area contributed by atoms with E-state index in [2.05, 4.69) is 54.2 Å². The number of hydrogen-bond donors (Lipinski definition) is 1. The van der Waals surface area contributed by atoms with Gasteiger partial charge in [-0.2, -0.15) is 0 Å². The van der Waals surface area contributed by atoms with Crippen LogP contribution in [0.25, 0.3) is 0 Å². The van der Waals surface area contributed by atoms with Crippen LogP contribution in [0, 0.1) is 17.3 Å². The molecule has 1 saturated carbocycles. The van der Waals surface area contributed by atoms with E-state index in [0.29, 0.717) is 18.0 Å². The summed E-state index contributed by atoms with van der Waals surface area (Å²) in [5.41, 5.74) is 0.886. The van der Waals surface area contributed by atoms with E-state index in [1.165, 1.54) is 38.9 Å². The van der Waals surface area contributed by atoms with Gasteiger partial charge < -0.3 is 10.2 Å². The van der Waals surface area contributed by atoms with Gasteiger partial charge in [0.1, 0.15) is 5.82 Å². The van der Waals surface area contributed by atoms with E-state index in [9.17, 15) is 4.79 Å². The van der Waals surface area contributed by atoms with Crippen LogP contribution in [0.1, 0.15) is 72.8 Å². The lowest BCUT2D eigenvalue weighted by Gasteiger charge is -2.24. The number of rotatable bonds is 6. The molecule has 1 aromatic heterocycles. The van der Waals surface area contributed by atoms with Gasteiger partial charge in [0.2, 0.25) is 5.91 Å². The number of anilines is 2. The van der Waals surface area contributed by atoms with Gasteiger partial charge in [0.25, 0.3) is 0 Å². The molecule has 1 amide bonds. The fourth-order valence-corrected chi connectivity index (χ4v) is 5.50. The number of nitrogens with zero attached hydrogens (tertiary/aromatic N) is 4. The largest absolute Gasteiger partial charge is 0.366 e. The molecular formula is C24H39N5O. The number of fused-ring (bicyclic) bond motifs is 2. The molecule has 1 aliphatic carbocycles. The number of amides is 1. The fraction of sp³-hybridized carbons (Fsp3) is 0.792.